The number of nitrogens with one attached hydrogen (secondary N) is 1. The third-order valence-electron chi connectivity index (χ3n) is 6.92. The molecule has 1 heterocycles. The van der Waals surface area contributed by atoms with Crippen molar-refractivity contribution in [3.63, 3.8) is 0 Å². The van der Waals surface area contributed by atoms with Crippen LogP contribution in [-0.2, 0) is 39.5 Å². The van der Waals surface area contributed by atoms with Crippen LogP contribution in [0.15, 0.2) is 53.4 Å². The molecule has 1 aliphatic rings. The fourth-order valence-corrected chi connectivity index (χ4v) is 7.70. The maximum atomic E-state index is 13.6. The second kappa shape index (κ2) is 17.9. The zero-order chi connectivity index (χ0) is 32.9. The Labute approximate surface area is 267 Å². The number of ether oxygens (including phenoxy) is 4. The Morgan fingerprint density at radius 3 is 2.24 bits per heavy atom. The number of rotatable bonds is 19. The largest absolute Gasteiger partial charge is 0.497 e. The molecule has 12 nitrogen and oxygen atoms in total. The van der Waals surface area contributed by atoms with E-state index in [4.69, 9.17) is 28.0 Å². The van der Waals surface area contributed by atoms with Crippen molar-refractivity contribution in [2.45, 2.75) is 64.0 Å². The number of carbonyl (C=O) groups is 1. The van der Waals surface area contributed by atoms with Gasteiger partial charge in [-0.3, -0.25) is 4.57 Å². The molecule has 1 amide bonds. The van der Waals surface area contributed by atoms with Crippen LogP contribution in [0.3, 0.4) is 0 Å². The molecule has 2 atom stereocenters. The maximum absolute atomic E-state index is 13.6. The van der Waals surface area contributed by atoms with E-state index in [1.54, 1.807) is 38.1 Å². The first-order chi connectivity index (χ1) is 21.5. The van der Waals surface area contributed by atoms with Crippen LogP contribution in [-0.4, -0.2) is 83.9 Å². The Bertz CT molecular complexity index is 1320. The van der Waals surface area contributed by atoms with Crippen LogP contribution in [0.2, 0.25) is 0 Å². The van der Waals surface area contributed by atoms with Gasteiger partial charge in [0.05, 0.1) is 38.4 Å². The van der Waals surface area contributed by atoms with E-state index in [1.807, 2.05) is 26.0 Å². The minimum Gasteiger partial charge on any atom is -0.497 e. The highest BCUT2D eigenvalue weighted by atomic mass is 32.2. The van der Waals surface area contributed by atoms with E-state index >= 15 is 0 Å². The van der Waals surface area contributed by atoms with E-state index in [9.17, 15) is 17.8 Å². The van der Waals surface area contributed by atoms with Crippen LogP contribution in [0, 0.1) is 5.92 Å². The normalized spacial score (nSPS) is 16.1. The van der Waals surface area contributed by atoms with Crippen molar-refractivity contribution in [3.8, 4) is 11.5 Å². The van der Waals surface area contributed by atoms with Gasteiger partial charge in [0.15, 0.2) is 6.35 Å². The third kappa shape index (κ3) is 11.9. The van der Waals surface area contributed by atoms with Crippen molar-refractivity contribution in [2.24, 2.45) is 5.92 Å². The number of methoxy groups -OCH3 is 1. The quantitative estimate of drug-likeness (QED) is 0.192. The van der Waals surface area contributed by atoms with Crippen molar-refractivity contribution >= 4 is 23.7 Å². The summed E-state index contributed by atoms with van der Waals surface area (Å²) < 4.78 is 73.8. The van der Waals surface area contributed by atoms with Crippen LogP contribution in [0.25, 0.3) is 0 Å². The Morgan fingerprint density at radius 1 is 1.04 bits per heavy atom. The van der Waals surface area contributed by atoms with Gasteiger partial charge < -0.3 is 33.3 Å². The summed E-state index contributed by atoms with van der Waals surface area (Å²) in [7, 11) is -5.66. The summed E-state index contributed by atoms with van der Waals surface area (Å²) in [5, 5.41) is 2.94. The minimum absolute atomic E-state index is 0.0741. The molecule has 1 N–H and O–H groups in total. The number of hydrogen-bond acceptors (Lipinski definition) is 10. The highest BCUT2D eigenvalue weighted by Gasteiger charge is 2.28. The molecule has 0 unspecified atom stereocenters. The highest BCUT2D eigenvalue weighted by molar-refractivity contribution is 7.89. The number of benzene rings is 2. The summed E-state index contributed by atoms with van der Waals surface area (Å²) in [4.78, 5) is 13.0. The summed E-state index contributed by atoms with van der Waals surface area (Å²) in [6.45, 7) is 9.23. The predicted molar refractivity (Wildman–Crippen MR) is 170 cm³/mol. The fourth-order valence-electron chi connectivity index (χ4n) is 4.76. The van der Waals surface area contributed by atoms with Gasteiger partial charge in [0.25, 0.3) is 0 Å². The highest BCUT2D eigenvalue weighted by Crippen LogP contribution is 2.47. The van der Waals surface area contributed by atoms with Crippen molar-refractivity contribution < 1.29 is 45.8 Å². The van der Waals surface area contributed by atoms with Crippen LogP contribution in [0.4, 0.5) is 4.79 Å². The van der Waals surface area contributed by atoms with E-state index in [1.165, 1.54) is 23.5 Å². The lowest BCUT2D eigenvalue weighted by molar-refractivity contribution is 0.0803. The third-order valence-corrected chi connectivity index (χ3v) is 10.6. The van der Waals surface area contributed by atoms with Crippen LogP contribution in [0.1, 0.15) is 46.1 Å². The molecule has 0 aromatic heterocycles. The van der Waals surface area contributed by atoms with E-state index in [0.29, 0.717) is 50.5 Å². The molecule has 3 rings (SSSR count). The second-order valence-corrected chi connectivity index (χ2v) is 15.0. The fraction of sp³-hybridized carbons (Fsp3) is 0.581. The average Bonchev–Trinajstić information content (AvgIpc) is 3.51. The predicted octanol–water partition coefficient (Wildman–Crippen LogP) is 5.46. The van der Waals surface area contributed by atoms with E-state index in [2.05, 4.69) is 5.32 Å². The lowest BCUT2D eigenvalue weighted by atomic mass is 10.0. The van der Waals surface area contributed by atoms with Crippen molar-refractivity contribution in [1.29, 1.82) is 0 Å². The van der Waals surface area contributed by atoms with Gasteiger partial charge in [-0.05, 0) is 74.6 Å². The van der Waals surface area contributed by atoms with Crippen LogP contribution < -0.4 is 14.8 Å². The summed E-state index contributed by atoms with van der Waals surface area (Å²) in [6.07, 6.45) is 0.254. The first-order valence-corrected chi connectivity index (χ1v) is 18.4. The standard InChI is InChI=1S/C31H47N2O10PS/c1-6-41-44(35,42-7-2)23-40-28-10-8-25(9-11-28)20-26(32-31(34)43-29-17-19-39-22-29)16-18-33(21-24(3)4)45(36,37)30-14-12-27(38-5)13-15-30/h8-15,24,26,29H,6-7,16-23H2,1-5H3,(H,32,34)/t26-,29+/m1/s1. The molecule has 0 spiro atoms. The van der Waals surface area contributed by atoms with Gasteiger partial charge in [-0.2, -0.15) is 4.31 Å². The van der Waals surface area contributed by atoms with Gasteiger partial charge in [0.1, 0.15) is 17.6 Å². The number of nitrogens with zero attached hydrogens (tertiary/aromatic N) is 1. The molecular weight excluding hydrogens is 623 g/mol. The molecule has 2 aromatic carbocycles. The lowest BCUT2D eigenvalue weighted by Gasteiger charge is -2.27. The Kier molecular flexibility index (Phi) is 14.6. The number of hydrogen-bond donors (Lipinski definition) is 1. The topological polar surface area (TPSA) is 139 Å². The first kappa shape index (κ1) is 36.8. The first-order valence-electron chi connectivity index (χ1n) is 15.3. The minimum atomic E-state index is -3.81. The smallest absolute Gasteiger partial charge is 0.407 e. The SMILES string of the molecule is CCOP(=O)(COc1ccc(C[C@@H](CCN(CC(C)C)S(=O)(=O)c2ccc(OC)cc2)NC(=O)O[C@H]2CCOC2)cc1)OCC. The second-order valence-electron chi connectivity index (χ2n) is 11.0. The molecule has 1 aliphatic heterocycles. The molecule has 0 aliphatic carbocycles. The molecule has 1 fully saturated rings. The molecule has 2 aromatic rings. The Morgan fingerprint density at radius 2 is 1.69 bits per heavy atom. The lowest BCUT2D eigenvalue weighted by Crippen LogP contribution is -2.42. The van der Waals surface area contributed by atoms with Crippen molar-refractivity contribution in [2.75, 3.05) is 53.0 Å². The molecule has 45 heavy (non-hydrogen) atoms. The molecule has 1 saturated heterocycles. The number of sulfonamides is 1. The summed E-state index contributed by atoms with van der Waals surface area (Å²) >= 11 is 0. The van der Waals surface area contributed by atoms with Gasteiger partial charge in [-0.1, -0.05) is 26.0 Å². The van der Waals surface area contributed by atoms with E-state index < -0.39 is 29.8 Å². The number of amides is 1. The summed E-state index contributed by atoms with van der Waals surface area (Å²) in [5.41, 5.74) is 0.878. The molecule has 0 bridgehead atoms. The van der Waals surface area contributed by atoms with Crippen LogP contribution in [0.5, 0.6) is 11.5 Å². The zero-order valence-corrected chi connectivity index (χ0v) is 28.5. The molecule has 14 heteroatoms. The van der Waals surface area contributed by atoms with Crippen LogP contribution >= 0.6 is 7.60 Å². The molecule has 0 saturated carbocycles. The van der Waals surface area contributed by atoms with E-state index in [0.717, 1.165) is 5.56 Å². The Hall–Kier alpha value is -2.67. The van der Waals surface area contributed by atoms with Gasteiger partial charge in [0.2, 0.25) is 10.0 Å². The van der Waals surface area contributed by atoms with Gasteiger partial charge in [0, 0.05) is 25.6 Å². The van der Waals surface area contributed by atoms with E-state index in [-0.39, 0.29) is 43.0 Å². The van der Waals surface area contributed by atoms with Crippen molar-refractivity contribution in [1.82, 2.24) is 9.62 Å². The number of alkyl carbamates (subject to hydrolysis) is 1. The molecule has 252 valence electrons. The molecule has 0 radical (unpaired) electrons. The average molecular weight is 671 g/mol. The maximum Gasteiger partial charge on any atom is 0.407 e. The summed E-state index contributed by atoms with van der Waals surface area (Å²) in [6, 6.07) is 13.0. The number of carbonyl (C=O) groups excluding carboxylic acids is 1. The molecular formula is C31H47N2O10PS. The van der Waals surface area contributed by atoms with Gasteiger partial charge >= 0.3 is 13.7 Å². The Balaban J connectivity index is 1.74. The van der Waals surface area contributed by atoms with Crippen molar-refractivity contribution in [3.05, 3.63) is 54.1 Å². The summed E-state index contributed by atoms with van der Waals surface area (Å²) in [5.74, 6) is 1.12. The monoisotopic (exact) mass is 670 g/mol. The van der Waals surface area contributed by atoms with Gasteiger partial charge in [-0.25, -0.2) is 13.2 Å². The van der Waals surface area contributed by atoms with Gasteiger partial charge in [-0.15, -0.1) is 0 Å². The zero-order valence-electron chi connectivity index (χ0n) is 26.8.